The van der Waals surface area contributed by atoms with Crippen LogP contribution in [-0.4, -0.2) is 66.3 Å². The first-order valence-corrected chi connectivity index (χ1v) is 12.9. The van der Waals surface area contributed by atoms with Gasteiger partial charge >= 0.3 is 5.97 Å². The van der Waals surface area contributed by atoms with Gasteiger partial charge in [0.25, 0.3) is 11.8 Å². The van der Waals surface area contributed by atoms with Crippen molar-refractivity contribution in [2.75, 3.05) is 19.8 Å². The standard InChI is InChI=1S/C28H34FN5O5/c29-17-24(31)32-15-7-6-14-23(34-26(36)20-11-4-5-12-21(20)27(34)37)25(35)33-16-8-13-22(30)28(38)39-18-19-9-2-1-3-10-19/h1-5,9-12,22-23H,6-8,13-18,30H2,(H2,31,32)(H,33,35). The largest absolute Gasteiger partial charge is 0.460 e. The zero-order valence-electron chi connectivity index (χ0n) is 21.7. The van der Waals surface area contributed by atoms with Crippen LogP contribution < -0.4 is 16.8 Å². The maximum absolute atomic E-state index is 13.2. The predicted molar refractivity (Wildman–Crippen MR) is 144 cm³/mol. The summed E-state index contributed by atoms with van der Waals surface area (Å²) >= 11 is 0. The Bertz CT molecular complexity index is 1150. The molecule has 3 rings (SSSR count). The van der Waals surface area contributed by atoms with Gasteiger partial charge in [0, 0.05) is 13.1 Å². The number of aliphatic imine (C=N–C) groups is 1. The number of hydrogen-bond acceptors (Lipinski definition) is 7. The highest BCUT2D eigenvalue weighted by molar-refractivity contribution is 6.22. The number of alkyl halides is 1. The molecule has 1 heterocycles. The Morgan fingerprint density at radius 1 is 0.949 bits per heavy atom. The fourth-order valence-electron chi connectivity index (χ4n) is 4.19. The Morgan fingerprint density at radius 2 is 1.59 bits per heavy atom. The summed E-state index contributed by atoms with van der Waals surface area (Å²) in [6.45, 7) is -0.258. The molecule has 0 aromatic heterocycles. The van der Waals surface area contributed by atoms with Gasteiger partial charge in [-0.05, 0) is 49.8 Å². The third-order valence-corrected chi connectivity index (χ3v) is 6.30. The number of halogens is 1. The number of amides is 3. The molecule has 11 heteroatoms. The first-order valence-electron chi connectivity index (χ1n) is 12.9. The lowest BCUT2D eigenvalue weighted by Gasteiger charge is -2.25. The molecule has 208 valence electrons. The van der Waals surface area contributed by atoms with Gasteiger partial charge in [0.1, 0.15) is 31.2 Å². The number of esters is 1. The first kappa shape index (κ1) is 29.4. The number of carbonyl (C=O) groups is 4. The number of imide groups is 1. The summed E-state index contributed by atoms with van der Waals surface area (Å²) < 4.78 is 17.7. The monoisotopic (exact) mass is 539 g/mol. The van der Waals surface area contributed by atoms with Crippen molar-refractivity contribution in [2.24, 2.45) is 16.5 Å². The zero-order valence-corrected chi connectivity index (χ0v) is 21.7. The van der Waals surface area contributed by atoms with E-state index in [0.717, 1.165) is 10.5 Å². The Kier molecular flexibility index (Phi) is 11.1. The van der Waals surface area contributed by atoms with Crippen LogP contribution in [-0.2, 0) is 20.9 Å². The number of ether oxygens (including phenoxy) is 1. The average molecular weight is 540 g/mol. The lowest BCUT2D eigenvalue weighted by atomic mass is 10.1. The molecule has 0 saturated carbocycles. The maximum Gasteiger partial charge on any atom is 0.323 e. The quantitative estimate of drug-likeness (QED) is 0.103. The summed E-state index contributed by atoms with van der Waals surface area (Å²) in [4.78, 5) is 56.2. The van der Waals surface area contributed by atoms with Gasteiger partial charge in [0.05, 0.1) is 11.1 Å². The number of nitrogens with one attached hydrogen (secondary N) is 1. The van der Waals surface area contributed by atoms with Crippen LogP contribution in [0.3, 0.4) is 0 Å². The van der Waals surface area contributed by atoms with E-state index in [1.54, 1.807) is 24.3 Å². The minimum Gasteiger partial charge on any atom is -0.460 e. The molecule has 2 atom stereocenters. The highest BCUT2D eigenvalue weighted by Crippen LogP contribution is 2.26. The number of carbonyl (C=O) groups excluding carboxylic acids is 4. The van der Waals surface area contributed by atoms with Crippen molar-refractivity contribution < 1.29 is 28.3 Å². The van der Waals surface area contributed by atoms with Gasteiger partial charge < -0.3 is 21.5 Å². The fraction of sp³-hybridized carbons (Fsp3) is 0.393. The second-order valence-corrected chi connectivity index (χ2v) is 9.18. The SMILES string of the molecule is NC(CF)=NCCCCC(C(=O)NCCCC(N)C(=O)OCc1ccccc1)N1C(=O)c2ccccc2C1=O. The van der Waals surface area contributed by atoms with Crippen molar-refractivity contribution in [1.29, 1.82) is 0 Å². The number of rotatable bonds is 15. The van der Waals surface area contributed by atoms with Crippen LogP contribution in [0, 0.1) is 0 Å². The Morgan fingerprint density at radius 3 is 2.23 bits per heavy atom. The summed E-state index contributed by atoms with van der Waals surface area (Å²) in [5, 5.41) is 2.76. The summed E-state index contributed by atoms with van der Waals surface area (Å²) in [7, 11) is 0. The molecular weight excluding hydrogens is 505 g/mol. The molecule has 0 fully saturated rings. The number of nitrogens with two attached hydrogens (primary N) is 2. The van der Waals surface area contributed by atoms with Crippen molar-refractivity contribution in [1.82, 2.24) is 10.2 Å². The molecule has 2 aromatic rings. The summed E-state index contributed by atoms with van der Waals surface area (Å²) in [5.74, 6) is -2.19. The summed E-state index contributed by atoms with van der Waals surface area (Å²) in [5.41, 5.74) is 12.7. The highest BCUT2D eigenvalue weighted by atomic mass is 19.1. The third kappa shape index (κ3) is 8.18. The lowest BCUT2D eigenvalue weighted by molar-refractivity contribution is -0.146. The molecule has 1 aliphatic rings. The van der Waals surface area contributed by atoms with E-state index in [9.17, 15) is 23.6 Å². The molecule has 0 radical (unpaired) electrons. The van der Waals surface area contributed by atoms with Crippen LogP contribution in [0.15, 0.2) is 59.6 Å². The second-order valence-electron chi connectivity index (χ2n) is 9.18. The van der Waals surface area contributed by atoms with Crippen molar-refractivity contribution in [3.05, 3.63) is 71.3 Å². The number of hydrogen-bond donors (Lipinski definition) is 3. The van der Waals surface area contributed by atoms with E-state index >= 15 is 0 Å². The zero-order chi connectivity index (χ0) is 28.2. The normalized spacial score (nSPS) is 14.6. The average Bonchev–Trinajstić information content (AvgIpc) is 3.21. The minimum atomic E-state index is -1.04. The van der Waals surface area contributed by atoms with Crippen LogP contribution in [0.5, 0.6) is 0 Å². The Labute approximate surface area is 226 Å². The van der Waals surface area contributed by atoms with Crippen molar-refractivity contribution in [2.45, 2.75) is 50.8 Å². The molecule has 0 saturated heterocycles. The van der Waals surface area contributed by atoms with Gasteiger partial charge in [-0.1, -0.05) is 42.5 Å². The smallest absolute Gasteiger partial charge is 0.323 e. The van der Waals surface area contributed by atoms with Crippen LogP contribution in [0.2, 0.25) is 0 Å². The number of amidine groups is 1. The molecule has 1 aliphatic heterocycles. The highest BCUT2D eigenvalue weighted by Gasteiger charge is 2.42. The van der Waals surface area contributed by atoms with Crippen molar-refractivity contribution >= 4 is 29.5 Å². The van der Waals surface area contributed by atoms with Crippen LogP contribution in [0.1, 0.15) is 58.4 Å². The number of unbranched alkanes of at least 4 members (excludes halogenated alkanes) is 1. The van der Waals surface area contributed by atoms with E-state index in [-0.39, 0.29) is 49.5 Å². The van der Waals surface area contributed by atoms with Gasteiger partial charge in [0.2, 0.25) is 5.91 Å². The minimum absolute atomic E-state index is 0.105. The topological polar surface area (TPSA) is 157 Å². The van der Waals surface area contributed by atoms with Gasteiger partial charge in [-0.3, -0.25) is 29.1 Å². The van der Waals surface area contributed by atoms with Crippen molar-refractivity contribution in [3.8, 4) is 0 Å². The molecular formula is C28H34FN5O5. The van der Waals surface area contributed by atoms with E-state index in [1.807, 2.05) is 30.3 Å². The number of benzene rings is 2. The molecule has 2 unspecified atom stereocenters. The third-order valence-electron chi connectivity index (χ3n) is 6.30. The fourth-order valence-corrected chi connectivity index (χ4v) is 4.19. The van der Waals surface area contributed by atoms with E-state index in [2.05, 4.69) is 10.3 Å². The second kappa shape index (κ2) is 14.7. The summed E-state index contributed by atoms with van der Waals surface area (Å²) in [6, 6.07) is 13.8. The predicted octanol–water partition coefficient (Wildman–Crippen LogP) is 2.12. The maximum atomic E-state index is 13.2. The number of nitrogens with zero attached hydrogens (tertiary/aromatic N) is 2. The molecule has 10 nitrogen and oxygen atoms in total. The number of fused-ring (bicyclic) bond motifs is 1. The lowest BCUT2D eigenvalue weighted by Crippen LogP contribution is -2.49. The summed E-state index contributed by atoms with van der Waals surface area (Å²) in [6.07, 6.45) is 1.81. The molecule has 0 aliphatic carbocycles. The molecule has 0 spiro atoms. The first-order chi connectivity index (χ1) is 18.8. The Balaban J connectivity index is 1.53. The Hall–Kier alpha value is -4.12. The molecule has 0 bridgehead atoms. The van der Waals surface area contributed by atoms with E-state index < -0.39 is 42.4 Å². The van der Waals surface area contributed by atoms with Gasteiger partial charge in [-0.25, -0.2) is 4.39 Å². The van der Waals surface area contributed by atoms with Crippen LogP contribution >= 0.6 is 0 Å². The van der Waals surface area contributed by atoms with Crippen LogP contribution in [0.4, 0.5) is 4.39 Å². The van der Waals surface area contributed by atoms with Gasteiger partial charge in [-0.15, -0.1) is 0 Å². The van der Waals surface area contributed by atoms with E-state index in [1.165, 1.54) is 0 Å². The molecule has 2 aromatic carbocycles. The molecule has 5 N–H and O–H groups in total. The van der Waals surface area contributed by atoms with Gasteiger partial charge in [-0.2, -0.15) is 0 Å². The van der Waals surface area contributed by atoms with E-state index in [0.29, 0.717) is 19.3 Å². The van der Waals surface area contributed by atoms with Crippen LogP contribution in [0.25, 0.3) is 0 Å². The van der Waals surface area contributed by atoms with Gasteiger partial charge in [0.15, 0.2) is 0 Å². The molecule has 3 amide bonds. The van der Waals surface area contributed by atoms with Crippen molar-refractivity contribution in [3.63, 3.8) is 0 Å². The van der Waals surface area contributed by atoms with E-state index in [4.69, 9.17) is 16.2 Å². The molecule has 39 heavy (non-hydrogen) atoms.